The second kappa shape index (κ2) is 8.25. The molecule has 0 aromatic carbocycles. The average Bonchev–Trinajstić information content (AvgIpc) is 3.01. The summed E-state index contributed by atoms with van der Waals surface area (Å²) >= 11 is 0.688. The third-order valence-corrected chi connectivity index (χ3v) is 4.36. The van der Waals surface area contributed by atoms with Gasteiger partial charge in [0.25, 0.3) is 5.56 Å². The highest BCUT2D eigenvalue weighted by Gasteiger charge is 2.57. The van der Waals surface area contributed by atoms with E-state index in [-0.39, 0.29) is 17.8 Å². The highest BCUT2D eigenvalue weighted by atomic mass is 32.1. The van der Waals surface area contributed by atoms with Gasteiger partial charge in [-0.15, -0.1) is 0 Å². The molecule has 3 N–H and O–H groups in total. The van der Waals surface area contributed by atoms with Crippen LogP contribution in [-0.2, 0) is 12.7 Å². The van der Waals surface area contributed by atoms with Gasteiger partial charge in [0.2, 0.25) is 4.96 Å². The third kappa shape index (κ3) is 4.75. The molecule has 7 nitrogen and oxygen atoms in total. The molecule has 0 fully saturated rings. The number of nitrogens with zero attached hydrogens (tertiary/aromatic N) is 4. The molecule has 0 aliphatic heterocycles. The Bertz CT molecular complexity index is 1040. The van der Waals surface area contributed by atoms with Gasteiger partial charge in [0.15, 0.2) is 5.69 Å². The van der Waals surface area contributed by atoms with Crippen LogP contribution in [0.4, 0.5) is 35.1 Å². The summed E-state index contributed by atoms with van der Waals surface area (Å²) < 4.78 is 103. The summed E-state index contributed by atoms with van der Waals surface area (Å²) in [6, 6.07) is 0. The van der Waals surface area contributed by atoms with Crippen molar-refractivity contribution >= 4 is 28.1 Å². The molecule has 0 saturated carbocycles. The highest BCUT2D eigenvalue weighted by molar-refractivity contribution is 7.16. The summed E-state index contributed by atoms with van der Waals surface area (Å²) in [7, 11) is 1.53. The molecule has 2 heterocycles. The number of hydrogen-bond acceptors (Lipinski definition) is 7. The van der Waals surface area contributed by atoms with Crippen molar-refractivity contribution in [1.29, 1.82) is 0 Å². The Morgan fingerprint density at radius 3 is 2.37 bits per heavy atom. The van der Waals surface area contributed by atoms with Gasteiger partial charge in [-0.1, -0.05) is 11.3 Å². The van der Waals surface area contributed by atoms with E-state index >= 15 is 0 Å². The van der Waals surface area contributed by atoms with Crippen molar-refractivity contribution in [2.45, 2.75) is 24.8 Å². The number of rotatable bonds is 6. The van der Waals surface area contributed by atoms with E-state index in [0.717, 1.165) is 0 Å². The van der Waals surface area contributed by atoms with Crippen molar-refractivity contribution in [2.75, 3.05) is 13.6 Å². The third-order valence-electron chi connectivity index (χ3n) is 3.45. The summed E-state index contributed by atoms with van der Waals surface area (Å²) in [6.07, 6.45) is -10.5. The van der Waals surface area contributed by atoms with Crippen molar-refractivity contribution in [2.24, 2.45) is 10.7 Å². The minimum absolute atomic E-state index is 0.109. The smallest absolute Gasteiger partial charge is 0.404 e. The Labute approximate surface area is 165 Å². The second-order valence-electron chi connectivity index (χ2n) is 5.65. The lowest BCUT2D eigenvalue weighted by atomic mass is 10.1. The molecule has 30 heavy (non-hydrogen) atoms. The van der Waals surface area contributed by atoms with Crippen LogP contribution in [0.2, 0.25) is 0 Å². The molecule has 0 atom stereocenters. The molecule has 166 valence electrons. The lowest BCUT2D eigenvalue weighted by Gasteiger charge is -2.17. The van der Waals surface area contributed by atoms with Crippen molar-refractivity contribution < 1.29 is 35.1 Å². The molecule has 0 unspecified atom stereocenters. The molecule has 2 aromatic rings. The van der Waals surface area contributed by atoms with Gasteiger partial charge in [0.05, 0.1) is 5.56 Å². The predicted molar refractivity (Wildman–Crippen MR) is 91.4 cm³/mol. The van der Waals surface area contributed by atoms with Gasteiger partial charge in [-0.3, -0.25) is 9.79 Å². The van der Waals surface area contributed by atoms with E-state index < -0.39 is 52.2 Å². The van der Waals surface area contributed by atoms with E-state index in [1.807, 2.05) is 0 Å². The minimum atomic E-state index is -5.92. The van der Waals surface area contributed by atoms with Crippen LogP contribution in [0.5, 0.6) is 0 Å². The zero-order valence-corrected chi connectivity index (χ0v) is 15.6. The van der Waals surface area contributed by atoms with Crippen LogP contribution in [0.1, 0.15) is 16.3 Å². The van der Waals surface area contributed by atoms with E-state index in [1.165, 1.54) is 7.05 Å². The molecule has 0 aliphatic rings. The summed E-state index contributed by atoms with van der Waals surface area (Å²) in [4.78, 5) is 18.4. The molecule has 2 rings (SSSR count). The zero-order chi connectivity index (χ0) is 22.9. The SMILES string of the molecule is CNCc1nn2c(=O)c(C(C=NCC(F)(F)C(F)(F)F)=CN)c(C(F)(F)F)nc2s1. The van der Waals surface area contributed by atoms with E-state index in [0.29, 0.717) is 22.1 Å². The fourth-order valence-electron chi connectivity index (χ4n) is 2.11. The number of fused-ring (bicyclic) bond motifs is 1. The van der Waals surface area contributed by atoms with Gasteiger partial charge in [-0.25, -0.2) is 4.98 Å². The Balaban J connectivity index is 2.60. The van der Waals surface area contributed by atoms with Crippen LogP contribution in [0, 0.1) is 0 Å². The van der Waals surface area contributed by atoms with Crippen molar-refractivity contribution in [3.63, 3.8) is 0 Å². The van der Waals surface area contributed by atoms with E-state index in [2.05, 4.69) is 20.4 Å². The molecule has 0 aliphatic carbocycles. The zero-order valence-electron chi connectivity index (χ0n) is 14.8. The van der Waals surface area contributed by atoms with E-state index in [9.17, 15) is 39.9 Å². The number of nitrogens with one attached hydrogen (secondary N) is 1. The van der Waals surface area contributed by atoms with Crippen LogP contribution in [-0.4, -0.2) is 46.5 Å². The number of allylic oxidation sites excluding steroid dienone is 1. The molecule has 0 saturated heterocycles. The maximum atomic E-state index is 13.5. The predicted octanol–water partition coefficient (Wildman–Crippen LogP) is 2.46. The summed E-state index contributed by atoms with van der Waals surface area (Å²) in [6.45, 7) is -2.01. The first-order valence-electron chi connectivity index (χ1n) is 7.74. The molecule has 2 aromatic heterocycles. The van der Waals surface area contributed by atoms with Gasteiger partial charge in [0.1, 0.15) is 11.6 Å². The van der Waals surface area contributed by atoms with Crippen LogP contribution in [0.25, 0.3) is 10.5 Å². The number of aromatic nitrogens is 3. The Hall–Kier alpha value is -2.62. The summed E-state index contributed by atoms with van der Waals surface area (Å²) in [5.74, 6) is -5.23. The van der Waals surface area contributed by atoms with Gasteiger partial charge in [-0.05, 0) is 7.05 Å². The maximum Gasteiger partial charge on any atom is 0.455 e. The van der Waals surface area contributed by atoms with Gasteiger partial charge in [0, 0.05) is 24.5 Å². The number of halogens is 8. The molecular formula is C14H12F8N6OS. The Kier molecular flexibility index (Phi) is 6.51. The normalized spacial score (nSPS) is 14.2. The van der Waals surface area contributed by atoms with Gasteiger partial charge >= 0.3 is 18.3 Å². The van der Waals surface area contributed by atoms with Crippen molar-refractivity contribution in [3.8, 4) is 0 Å². The van der Waals surface area contributed by atoms with Crippen molar-refractivity contribution in [1.82, 2.24) is 19.9 Å². The van der Waals surface area contributed by atoms with Gasteiger partial charge < -0.3 is 11.1 Å². The van der Waals surface area contributed by atoms with E-state index in [1.54, 1.807) is 0 Å². The molecule has 0 spiro atoms. The number of alkyl halides is 8. The lowest BCUT2D eigenvalue weighted by molar-refractivity contribution is -0.276. The minimum Gasteiger partial charge on any atom is -0.404 e. The lowest BCUT2D eigenvalue weighted by Crippen LogP contribution is -2.39. The highest BCUT2D eigenvalue weighted by Crippen LogP contribution is 2.36. The molecule has 16 heteroatoms. The maximum absolute atomic E-state index is 13.5. The van der Waals surface area contributed by atoms with Gasteiger partial charge in [-0.2, -0.15) is 44.7 Å². The standard InChI is InChI=1S/C14H12F8N6OS/c1-24-4-7-27-28-10(29)8(9(13(17,18)19)26-11(28)30-7)6(2-23)3-25-5-12(15,16)14(20,21)22/h2-3,24H,4-5,23H2,1H3. The number of hydrogen-bond donors (Lipinski definition) is 2. The second-order valence-corrected chi connectivity index (χ2v) is 6.69. The van der Waals surface area contributed by atoms with Crippen LogP contribution in [0.3, 0.4) is 0 Å². The number of nitrogens with two attached hydrogens (primary N) is 1. The first-order chi connectivity index (χ1) is 13.7. The molecule has 0 amide bonds. The Morgan fingerprint density at radius 2 is 1.87 bits per heavy atom. The first kappa shape index (κ1) is 23.7. The Morgan fingerprint density at radius 1 is 1.23 bits per heavy atom. The monoisotopic (exact) mass is 464 g/mol. The summed E-state index contributed by atoms with van der Waals surface area (Å²) in [5.41, 5.74) is 0.0805. The van der Waals surface area contributed by atoms with Crippen LogP contribution >= 0.6 is 11.3 Å². The number of aliphatic imine (C=N–C) groups is 1. The van der Waals surface area contributed by atoms with E-state index in [4.69, 9.17) is 5.73 Å². The fraction of sp³-hybridized carbons (Fsp3) is 0.429. The quantitative estimate of drug-likeness (QED) is 0.506. The topological polar surface area (TPSA) is 97.7 Å². The summed E-state index contributed by atoms with van der Waals surface area (Å²) in [5, 5.41) is 6.69. The average molecular weight is 464 g/mol. The molecule has 0 bridgehead atoms. The van der Waals surface area contributed by atoms with Crippen molar-refractivity contribution in [3.05, 3.63) is 32.8 Å². The largest absolute Gasteiger partial charge is 0.455 e. The van der Waals surface area contributed by atoms with Crippen LogP contribution < -0.4 is 16.6 Å². The molecular weight excluding hydrogens is 452 g/mol. The first-order valence-corrected chi connectivity index (χ1v) is 8.55. The fourth-order valence-corrected chi connectivity index (χ4v) is 3.01. The van der Waals surface area contributed by atoms with Crippen LogP contribution in [0.15, 0.2) is 16.0 Å². The molecule has 0 radical (unpaired) electrons.